The van der Waals surface area contributed by atoms with Crippen LogP contribution in [0.3, 0.4) is 0 Å². The van der Waals surface area contributed by atoms with Gasteiger partial charge in [-0.2, -0.15) is 0 Å². The second-order valence-corrected chi connectivity index (χ2v) is 10.3. The Balaban J connectivity index is 2.41. The lowest BCUT2D eigenvalue weighted by molar-refractivity contribution is -0.140. The van der Waals surface area contributed by atoms with Gasteiger partial charge >= 0.3 is 0 Å². The summed E-state index contributed by atoms with van der Waals surface area (Å²) in [5, 5.41) is 3.41. The molecule has 180 valence electrons. The Morgan fingerprint density at radius 3 is 2.30 bits per heavy atom. The normalized spacial score (nSPS) is 12.2. The molecule has 7 nitrogen and oxygen atoms in total. The van der Waals surface area contributed by atoms with Crippen molar-refractivity contribution >= 4 is 39.1 Å². The van der Waals surface area contributed by atoms with Gasteiger partial charge in [0.1, 0.15) is 12.6 Å². The maximum absolute atomic E-state index is 13.5. The molecule has 0 saturated carbocycles. The number of benzene rings is 2. The minimum Gasteiger partial charge on any atom is -0.354 e. The minimum atomic E-state index is -3.74. The molecule has 33 heavy (non-hydrogen) atoms. The fraction of sp³-hybridized carbons (Fsp3) is 0.417. The predicted molar refractivity (Wildman–Crippen MR) is 133 cm³/mol. The molecule has 2 aromatic rings. The molecule has 1 unspecified atom stereocenters. The van der Waals surface area contributed by atoms with Crippen LogP contribution in [-0.4, -0.2) is 50.5 Å². The van der Waals surface area contributed by atoms with Gasteiger partial charge in [-0.25, -0.2) is 8.42 Å². The molecule has 0 heterocycles. The zero-order chi connectivity index (χ0) is 24.6. The van der Waals surface area contributed by atoms with Crippen molar-refractivity contribution in [2.75, 3.05) is 23.7 Å². The van der Waals surface area contributed by atoms with Crippen molar-refractivity contribution in [3.63, 3.8) is 0 Å². The summed E-state index contributed by atoms with van der Waals surface area (Å²) in [4.78, 5) is 27.8. The van der Waals surface area contributed by atoms with Crippen molar-refractivity contribution in [3.05, 3.63) is 64.7 Å². The van der Waals surface area contributed by atoms with Crippen LogP contribution in [0.5, 0.6) is 0 Å². The number of anilines is 1. The highest BCUT2D eigenvalue weighted by molar-refractivity contribution is 7.92. The molecule has 2 rings (SSSR count). The monoisotopic (exact) mass is 493 g/mol. The maximum atomic E-state index is 13.5. The Bertz CT molecular complexity index is 1060. The predicted octanol–water partition coefficient (Wildman–Crippen LogP) is 3.75. The lowest BCUT2D eigenvalue weighted by Gasteiger charge is -2.33. The van der Waals surface area contributed by atoms with E-state index in [0.717, 1.165) is 28.1 Å². The second-order valence-electron chi connectivity index (χ2n) is 7.97. The molecule has 0 fully saturated rings. The number of sulfonamides is 1. The summed E-state index contributed by atoms with van der Waals surface area (Å²) in [6, 6.07) is 13.2. The summed E-state index contributed by atoms with van der Waals surface area (Å²) in [7, 11) is -3.74. The van der Waals surface area contributed by atoms with E-state index in [4.69, 9.17) is 11.6 Å². The second kappa shape index (κ2) is 12.0. The number of nitrogens with zero attached hydrogens (tertiary/aromatic N) is 2. The Morgan fingerprint density at radius 1 is 1.09 bits per heavy atom. The number of carbonyl (C=O) groups excluding carboxylic acids is 2. The third kappa shape index (κ3) is 7.75. The highest BCUT2D eigenvalue weighted by Gasteiger charge is 2.31. The van der Waals surface area contributed by atoms with Crippen LogP contribution in [0.2, 0.25) is 5.02 Å². The fourth-order valence-electron chi connectivity index (χ4n) is 3.47. The number of nitrogens with one attached hydrogen (secondary N) is 1. The molecule has 0 bridgehead atoms. The van der Waals surface area contributed by atoms with E-state index in [1.54, 1.807) is 42.5 Å². The van der Waals surface area contributed by atoms with Crippen LogP contribution in [0.15, 0.2) is 48.5 Å². The number of aryl methyl sites for hydroxylation is 1. The zero-order valence-electron chi connectivity index (χ0n) is 19.5. The van der Waals surface area contributed by atoms with Crippen molar-refractivity contribution in [2.24, 2.45) is 0 Å². The van der Waals surface area contributed by atoms with E-state index in [0.29, 0.717) is 23.7 Å². The van der Waals surface area contributed by atoms with Crippen LogP contribution in [0.4, 0.5) is 5.69 Å². The van der Waals surface area contributed by atoms with Gasteiger partial charge in [0.2, 0.25) is 21.8 Å². The van der Waals surface area contributed by atoms with Crippen molar-refractivity contribution in [1.29, 1.82) is 0 Å². The molecule has 9 heteroatoms. The molecule has 0 aliphatic heterocycles. The van der Waals surface area contributed by atoms with Crippen molar-refractivity contribution in [3.8, 4) is 0 Å². The lowest BCUT2D eigenvalue weighted by atomic mass is 10.1. The molecule has 0 aliphatic rings. The maximum Gasteiger partial charge on any atom is 0.244 e. The van der Waals surface area contributed by atoms with Gasteiger partial charge in [-0.05, 0) is 55.2 Å². The molecular formula is C24H32ClN3O4S. The van der Waals surface area contributed by atoms with E-state index in [2.05, 4.69) is 5.32 Å². The lowest BCUT2D eigenvalue weighted by Crippen LogP contribution is -2.52. The van der Waals surface area contributed by atoms with E-state index in [1.807, 2.05) is 26.8 Å². The SMILES string of the molecule is CCCNC(=O)C(CC)N(Cc1ccc(Cl)cc1)C(=O)CN(c1cccc(C)c1)S(C)(=O)=O. The summed E-state index contributed by atoms with van der Waals surface area (Å²) >= 11 is 5.99. The first-order valence-corrected chi connectivity index (χ1v) is 13.2. The topological polar surface area (TPSA) is 86.8 Å². The molecule has 1 N–H and O–H groups in total. The third-order valence-electron chi connectivity index (χ3n) is 5.17. The molecule has 0 saturated heterocycles. The van der Waals surface area contributed by atoms with Crippen LogP contribution >= 0.6 is 11.6 Å². The van der Waals surface area contributed by atoms with Crippen molar-refractivity contribution < 1.29 is 18.0 Å². The minimum absolute atomic E-state index is 0.152. The van der Waals surface area contributed by atoms with Gasteiger partial charge in [0.05, 0.1) is 11.9 Å². The molecule has 2 amide bonds. The van der Waals surface area contributed by atoms with Crippen LogP contribution in [0.1, 0.15) is 37.8 Å². The Labute approximate surface area is 201 Å². The number of rotatable bonds is 11. The molecule has 1 atom stereocenters. The third-order valence-corrected chi connectivity index (χ3v) is 6.56. The molecular weight excluding hydrogens is 462 g/mol. The highest BCUT2D eigenvalue weighted by atomic mass is 35.5. The van der Waals surface area contributed by atoms with E-state index in [9.17, 15) is 18.0 Å². The largest absolute Gasteiger partial charge is 0.354 e. The van der Waals surface area contributed by atoms with E-state index in [-0.39, 0.29) is 12.5 Å². The fourth-order valence-corrected chi connectivity index (χ4v) is 4.44. The number of hydrogen-bond donors (Lipinski definition) is 1. The summed E-state index contributed by atoms with van der Waals surface area (Å²) in [6.07, 6.45) is 2.22. The smallest absolute Gasteiger partial charge is 0.244 e. The molecule has 0 spiro atoms. The Kier molecular flexibility index (Phi) is 9.73. The van der Waals surface area contributed by atoms with Crippen LogP contribution in [0.25, 0.3) is 0 Å². The average molecular weight is 494 g/mol. The van der Waals surface area contributed by atoms with Gasteiger partial charge in [0.25, 0.3) is 0 Å². The highest BCUT2D eigenvalue weighted by Crippen LogP contribution is 2.21. The van der Waals surface area contributed by atoms with Crippen LogP contribution in [0, 0.1) is 6.92 Å². The van der Waals surface area contributed by atoms with Gasteiger partial charge < -0.3 is 10.2 Å². The van der Waals surface area contributed by atoms with Crippen LogP contribution < -0.4 is 9.62 Å². The number of carbonyl (C=O) groups is 2. The van der Waals surface area contributed by atoms with Crippen molar-refractivity contribution in [2.45, 2.75) is 46.2 Å². The summed E-state index contributed by atoms with van der Waals surface area (Å²) in [5.41, 5.74) is 2.06. The van der Waals surface area contributed by atoms with E-state index < -0.39 is 28.5 Å². The van der Waals surface area contributed by atoms with Gasteiger partial charge in [-0.1, -0.05) is 49.7 Å². The van der Waals surface area contributed by atoms with Gasteiger partial charge in [-0.3, -0.25) is 13.9 Å². The van der Waals surface area contributed by atoms with Crippen LogP contribution in [-0.2, 0) is 26.2 Å². The first kappa shape index (κ1) is 26.7. The number of amides is 2. The average Bonchev–Trinajstić information content (AvgIpc) is 2.76. The first-order chi connectivity index (χ1) is 15.6. The summed E-state index contributed by atoms with van der Waals surface area (Å²) in [6.45, 7) is 5.87. The molecule has 0 radical (unpaired) electrons. The number of halogens is 1. The summed E-state index contributed by atoms with van der Waals surface area (Å²) < 4.78 is 26.2. The van der Waals surface area contributed by atoms with Crippen molar-refractivity contribution in [1.82, 2.24) is 10.2 Å². The standard InChI is InChI=1S/C24H32ClN3O4S/c1-5-14-26-24(30)22(6-2)27(16-19-10-12-20(25)13-11-19)23(29)17-28(33(4,31)32)21-9-7-8-18(3)15-21/h7-13,15,22H,5-6,14,16-17H2,1-4H3,(H,26,30). The Morgan fingerprint density at radius 2 is 1.76 bits per heavy atom. The molecule has 0 aromatic heterocycles. The van der Waals surface area contributed by atoms with Gasteiger partial charge in [-0.15, -0.1) is 0 Å². The number of hydrogen-bond acceptors (Lipinski definition) is 4. The quantitative estimate of drug-likeness (QED) is 0.516. The molecule has 2 aromatic carbocycles. The summed E-state index contributed by atoms with van der Waals surface area (Å²) in [5.74, 6) is -0.724. The van der Waals surface area contributed by atoms with E-state index in [1.165, 1.54) is 4.90 Å². The molecule has 0 aliphatic carbocycles. The zero-order valence-corrected chi connectivity index (χ0v) is 21.1. The van der Waals surface area contributed by atoms with E-state index >= 15 is 0 Å². The first-order valence-electron chi connectivity index (χ1n) is 10.9. The van der Waals surface area contributed by atoms with Gasteiger partial charge in [0, 0.05) is 18.1 Å². The van der Waals surface area contributed by atoms with Gasteiger partial charge in [0.15, 0.2) is 0 Å². The Hall–Kier alpha value is -2.58.